The summed E-state index contributed by atoms with van der Waals surface area (Å²) in [5.41, 5.74) is 1.84. The van der Waals surface area contributed by atoms with Gasteiger partial charge in [0.2, 0.25) is 0 Å². The van der Waals surface area contributed by atoms with E-state index in [9.17, 15) is 17.8 Å². The van der Waals surface area contributed by atoms with Crippen LogP contribution in [0.15, 0.2) is 36.7 Å². The van der Waals surface area contributed by atoms with Gasteiger partial charge in [0.25, 0.3) is 16.0 Å². The topological polar surface area (TPSA) is 122 Å². The Labute approximate surface area is 227 Å². The molecule has 3 aromatic rings. The molecule has 1 amide bonds. The predicted molar refractivity (Wildman–Crippen MR) is 149 cm³/mol. The Morgan fingerprint density at radius 1 is 1.16 bits per heavy atom. The second kappa shape index (κ2) is 10.9. The first-order chi connectivity index (χ1) is 18.1. The SMILES string of the molecule is CC(C)NC(=O)c1sc2ncnc(N3C4CCC3CC(COCC(C)S(=O)(=O)O)C4)c2c1-c1ccccc1. The molecule has 2 aliphatic heterocycles. The minimum atomic E-state index is -4.09. The van der Waals surface area contributed by atoms with Gasteiger partial charge >= 0.3 is 0 Å². The van der Waals surface area contributed by atoms with Gasteiger partial charge in [0.15, 0.2) is 0 Å². The van der Waals surface area contributed by atoms with Crippen LogP contribution in [-0.4, -0.2) is 65.4 Å². The molecule has 0 saturated carbocycles. The summed E-state index contributed by atoms with van der Waals surface area (Å²) in [6, 6.07) is 10.5. The van der Waals surface area contributed by atoms with Crippen molar-refractivity contribution >= 4 is 43.4 Å². The van der Waals surface area contributed by atoms with Crippen molar-refractivity contribution < 1.29 is 22.5 Å². The van der Waals surface area contributed by atoms with E-state index in [0.717, 1.165) is 52.8 Å². The largest absolute Gasteiger partial charge is 0.380 e. The Morgan fingerprint density at radius 2 is 1.84 bits per heavy atom. The number of carbonyl (C=O) groups excluding carboxylic acids is 1. The fraction of sp³-hybridized carbons (Fsp3) is 0.519. The van der Waals surface area contributed by atoms with Crippen LogP contribution in [0, 0.1) is 5.92 Å². The quantitative estimate of drug-likeness (QED) is 0.367. The Morgan fingerprint density at radius 3 is 2.47 bits per heavy atom. The highest BCUT2D eigenvalue weighted by Crippen LogP contribution is 2.47. The van der Waals surface area contributed by atoms with Gasteiger partial charge in [-0.3, -0.25) is 9.35 Å². The normalized spacial score (nSPS) is 22.2. The van der Waals surface area contributed by atoms with Crippen LogP contribution in [-0.2, 0) is 14.9 Å². The number of piperidine rings is 1. The first kappa shape index (κ1) is 27.0. The zero-order valence-corrected chi connectivity index (χ0v) is 23.5. The lowest BCUT2D eigenvalue weighted by atomic mass is 9.91. The number of amides is 1. The monoisotopic (exact) mass is 558 g/mol. The van der Waals surface area contributed by atoms with Crippen molar-refractivity contribution in [2.75, 3.05) is 18.1 Å². The number of aromatic nitrogens is 2. The Kier molecular flexibility index (Phi) is 7.72. The highest BCUT2D eigenvalue weighted by molar-refractivity contribution is 7.86. The molecule has 0 radical (unpaired) electrons. The van der Waals surface area contributed by atoms with Crippen LogP contribution >= 0.6 is 11.3 Å². The zero-order chi connectivity index (χ0) is 27.0. The molecule has 3 atom stereocenters. The summed E-state index contributed by atoms with van der Waals surface area (Å²) < 4.78 is 37.5. The van der Waals surface area contributed by atoms with Crippen molar-refractivity contribution in [2.45, 2.75) is 69.8 Å². The summed E-state index contributed by atoms with van der Waals surface area (Å²) >= 11 is 1.41. The van der Waals surface area contributed by atoms with Crippen LogP contribution in [0.5, 0.6) is 0 Å². The minimum Gasteiger partial charge on any atom is -0.380 e. The van der Waals surface area contributed by atoms with Crippen molar-refractivity contribution in [1.82, 2.24) is 15.3 Å². The number of thiophene rings is 1. The molecule has 9 nitrogen and oxygen atoms in total. The number of carbonyl (C=O) groups is 1. The highest BCUT2D eigenvalue weighted by Gasteiger charge is 2.43. The lowest BCUT2D eigenvalue weighted by Gasteiger charge is -2.40. The van der Waals surface area contributed by atoms with Crippen molar-refractivity contribution in [3.63, 3.8) is 0 Å². The van der Waals surface area contributed by atoms with Crippen LogP contribution < -0.4 is 10.2 Å². The van der Waals surface area contributed by atoms with Gasteiger partial charge in [-0.1, -0.05) is 30.3 Å². The van der Waals surface area contributed by atoms with Gasteiger partial charge in [-0.05, 0) is 57.9 Å². The molecular weight excluding hydrogens is 524 g/mol. The molecule has 3 unspecified atom stereocenters. The molecule has 2 aromatic heterocycles. The summed E-state index contributed by atoms with van der Waals surface area (Å²) in [5.74, 6) is 1.07. The number of nitrogens with zero attached hydrogens (tertiary/aromatic N) is 3. The lowest BCUT2D eigenvalue weighted by Crippen LogP contribution is -2.44. The van der Waals surface area contributed by atoms with Crippen molar-refractivity contribution in [3.05, 3.63) is 41.5 Å². The molecule has 11 heteroatoms. The molecule has 1 aromatic carbocycles. The van der Waals surface area contributed by atoms with Crippen LogP contribution in [0.2, 0.25) is 0 Å². The minimum absolute atomic E-state index is 0.0134. The fourth-order valence-electron chi connectivity index (χ4n) is 5.74. The van der Waals surface area contributed by atoms with E-state index in [2.05, 4.69) is 15.2 Å². The Bertz CT molecular complexity index is 1400. The maximum atomic E-state index is 13.3. The highest BCUT2D eigenvalue weighted by atomic mass is 32.2. The number of fused-ring (bicyclic) bond motifs is 3. The van der Waals surface area contributed by atoms with E-state index in [4.69, 9.17) is 9.72 Å². The molecule has 204 valence electrons. The maximum absolute atomic E-state index is 13.3. The van der Waals surface area contributed by atoms with E-state index in [1.165, 1.54) is 18.3 Å². The standard InChI is InChI=1S/C27H34N4O5S2/c1-16(2)30-26(32)24-22(19-7-5-4-6-8-19)23-25(28-15-29-27(23)37-24)31-20-9-10-21(31)12-18(11-20)14-36-13-17(3)38(33,34)35/h4-8,15-18,20-21H,9-14H2,1-3H3,(H,30,32)(H,33,34,35). The molecule has 2 fully saturated rings. The summed E-state index contributed by atoms with van der Waals surface area (Å²) in [7, 11) is -4.09. The summed E-state index contributed by atoms with van der Waals surface area (Å²) in [4.78, 5) is 26.5. The lowest BCUT2D eigenvalue weighted by molar-refractivity contribution is 0.0845. The van der Waals surface area contributed by atoms with Gasteiger partial charge in [-0.15, -0.1) is 11.3 Å². The second-order valence-corrected chi connectivity index (χ2v) is 13.5. The zero-order valence-electron chi connectivity index (χ0n) is 21.8. The van der Waals surface area contributed by atoms with Crippen LogP contribution in [0.4, 0.5) is 5.82 Å². The van der Waals surface area contributed by atoms with Gasteiger partial charge in [0.1, 0.15) is 27.1 Å². The number of ether oxygens (including phenoxy) is 1. The van der Waals surface area contributed by atoms with Crippen molar-refractivity contribution in [1.29, 1.82) is 0 Å². The summed E-state index contributed by atoms with van der Waals surface area (Å²) in [5, 5.41) is 3.03. The number of benzene rings is 1. The van der Waals surface area contributed by atoms with Gasteiger partial charge in [0.05, 0.1) is 12.0 Å². The number of rotatable bonds is 9. The molecule has 0 spiro atoms. The van der Waals surface area contributed by atoms with Gasteiger partial charge < -0.3 is 15.0 Å². The van der Waals surface area contributed by atoms with E-state index in [-0.39, 0.29) is 30.6 Å². The smallest absolute Gasteiger partial charge is 0.269 e. The molecular formula is C27H34N4O5S2. The fourth-order valence-corrected chi connectivity index (χ4v) is 7.07. The third-order valence-electron chi connectivity index (χ3n) is 7.45. The first-order valence-electron chi connectivity index (χ1n) is 13.1. The Balaban J connectivity index is 1.46. The molecule has 2 N–H and O–H groups in total. The molecule has 4 heterocycles. The maximum Gasteiger partial charge on any atom is 0.269 e. The molecule has 2 aliphatic rings. The molecule has 38 heavy (non-hydrogen) atoms. The second-order valence-electron chi connectivity index (χ2n) is 10.7. The van der Waals surface area contributed by atoms with Crippen LogP contribution in [0.1, 0.15) is 56.1 Å². The Hall–Kier alpha value is -2.60. The van der Waals surface area contributed by atoms with Crippen molar-refractivity contribution in [3.8, 4) is 11.1 Å². The molecule has 0 aliphatic carbocycles. The summed E-state index contributed by atoms with van der Waals surface area (Å²) in [6.07, 6.45) is 5.50. The number of hydrogen-bond donors (Lipinski definition) is 2. The van der Waals surface area contributed by atoms with Gasteiger partial charge in [0, 0.05) is 30.3 Å². The van der Waals surface area contributed by atoms with E-state index >= 15 is 0 Å². The first-order valence-corrected chi connectivity index (χ1v) is 15.4. The van der Waals surface area contributed by atoms with E-state index in [1.54, 1.807) is 6.33 Å². The van der Waals surface area contributed by atoms with Crippen molar-refractivity contribution in [2.24, 2.45) is 5.92 Å². The third-order valence-corrected chi connectivity index (χ3v) is 9.70. The average Bonchev–Trinajstić information content (AvgIpc) is 3.38. The van der Waals surface area contributed by atoms with Crippen LogP contribution in [0.25, 0.3) is 21.3 Å². The predicted octanol–water partition coefficient (Wildman–Crippen LogP) is 4.54. The summed E-state index contributed by atoms with van der Waals surface area (Å²) in [6.45, 7) is 5.80. The number of anilines is 1. The van der Waals surface area contributed by atoms with E-state index in [0.29, 0.717) is 17.4 Å². The molecule has 2 bridgehead atoms. The molecule has 5 rings (SSSR count). The van der Waals surface area contributed by atoms with Crippen LogP contribution in [0.3, 0.4) is 0 Å². The molecule has 2 saturated heterocycles. The van der Waals surface area contributed by atoms with Gasteiger partial charge in [-0.25, -0.2) is 9.97 Å². The number of hydrogen-bond acceptors (Lipinski definition) is 8. The van der Waals surface area contributed by atoms with Gasteiger partial charge in [-0.2, -0.15) is 8.42 Å². The van der Waals surface area contributed by atoms with E-state index in [1.807, 2.05) is 44.2 Å². The average molecular weight is 559 g/mol. The van der Waals surface area contributed by atoms with E-state index < -0.39 is 15.4 Å². The number of nitrogens with one attached hydrogen (secondary N) is 1. The third kappa shape index (κ3) is 5.42.